The molecule has 0 aromatic carbocycles. The van der Waals surface area contributed by atoms with E-state index in [2.05, 4.69) is 40.8 Å². The Hall–Kier alpha value is 2.05. The van der Waals surface area contributed by atoms with Crippen LogP contribution < -0.4 is 0 Å². The van der Waals surface area contributed by atoms with Crippen molar-refractivity contribution in [1.29, 1.82) is 0 Å². The second kappa shape index (κ2) is 15.3. The average Bonchev–Trinajstić information content (AvgIpc) is 2.99. The van der Waals surface area contributed by atoms with E-state index in [0.29, 0.717) is 42.3 Å². The molecule has 0 aromatic rings. The molecule has 0 aliphatic carbocycles. The van der Waals surface area contributed by atoms with Crippen LogP contribution >= 0.6 is 0 Å². The van der Waals surface area contributed by atoms with E-state index >= 15 is 0 Å². The van der Waals surface area contributed by atoms with Crippen LogP contribution in [0.25, 0.3) is 0 Å². The first-order valence-corrected chi connectivity index (χ1v) is 39.7. The average molecular weight is 883 g/mol. The molecule has 4 fully saturated rings. The third kappa shape index (κ3) is 8.25. The number of fused-ring (bicyclic) bond motifs is 4. The van der Waals surface area contributed by atoms with Gasteiger partial charge < -0.3 is 0 Å². The van der Waals surface area contributed by atoms with Crippen LogP contribution in [0.4, 0.5) is 0 Å². The molecular formula is C24H59O12Si8Sn. The number of unbranched alkanes of at least 4 members (excludes halogenated alkanes) is 2. The Kier molecular flexibility index (Phi) is 13.6. The Labute approximate surface area is 287 Å². The zero-order valence-electron chi connectivity index (χ0n) is 29.6. The van der Waals surface area contributed by atoms with Crippen molar-refractivity contribution in [2.75, 3.05) is 0 Å². The summed E-state index contributed by atoms with van der Waals surface area (Å²) in [6.45, 7) is 23.0. The fourth-order valence-corrected chi connectivity index (χ4v) is 75.4. The summed E-state index contributed by atoms with van der Waals surface area (Å²) in [5.41, 5.74) is 0. The molecule has 4 aliphatic heterocycles. The summed E-state index contributed by atoms with van der Waals surface area (Å²) in [6, 6.07) is 3.45. The Balaban J connectivity index is 2.10. The standard InChI is InChI=1S/C16H41O12Si8.2C4H9.Sn/c1-10-30(17)20-33(13-4)21-31(18,11-2)23-35(15-6)25-32(12-3,19-29(8)9)24-34(14-5,22-30)27-36(16-7,26-33)28-35;2*1-3-4-2;/h10-16H2,1-9H3;2*1,3-4H2,2H3;/q-2;;;+2. The van der Waals surface area contributed by atoms with Gasteiger partial charge in [0.25, 0.3) is 0 Å². The third-order valence-corrected chi connectivity index (χ3v) is 59.5. The maximum absolute atomic E-state index is 7.62. The van der Waals surface area contributed by atoms with E-state index in [1.165, 1.54) is 0 Å². The number of hydrogen-bond acceptors (Lipinski definition) is 12. The van der Waals surface area contributed by atoms with E-state index in [1.54, 1.807) is 0 Å². The van der Waals surface area contributed by atoms with Gasteiger partial charge in [-0.3, -0.25) is 0 Å². The van der Waals surface area contributed by atoms with Crippen molar-refractivity contribution in [2.24, 2.45) is 0 Å². The monoisotopic (exact) mass is 883 g/mol. The zero-order valence-corrected chi connectivity index (χ0v) is 40.4. The van der Waals surface area contributed by atoms with Gasteiger partial charge in [0, 0.05) is 0 Å². The molecule has 0 saturated carbocycles. The van der Waals surface area contributed by atoms with Crippen molar-refractivity contribution in [2.45, 2.75) is 152 Å². The Morgan fingerprint density at radius 2 is 0.756 bits per heavy atom. The third-order valence-electron chi connectivity index (χ3n) is 8.70. The first-order valence-electron chi connectivity index (χ1n) is 17.4. The second-order valence-electron chi connectivity index (χ2n) is 12.5. The summed E-state index contributed by atoms with van der Waals surface area (Å²) in [7, 11) is -26.6. The van der Waals surface area contributed by atoms with Crippen LogP contribution in [0.2, 0.25) is 64.3 Å². The molecule has 263 valence electrons. The molecule has 0 amide bonds. The van der Waals surface area contributed by atoms with Gasteiger partial charge in [0.2, 0.25) is 0 Å². The van der Waals surface area contributed by atoms with Crippen LogP contribution in [0.1, 0.15) is 88.0 Å². The van der Waals surface area contributed by atoms with Gasteiger partial charge in [-0.05, 0) is 0 Å². The predicted molar refractivity (Wildman–Crippen MR) is 189 cm³/mol. The molecule has 0 spiro atoms. The van der Waals surface area contributed by atoms with Gasteiger partial charge in [-0.15, -0.1) is 0 Å². The van der Waals surface area contributed by atoms with E-state index in [0.717, 1.165) is 34.6 Å². The minimum absolute atomic E-state index is 0.467. The molecule has 4 aliphatic rings. The summed E-state index contributed by atoms with van der Waals surface area (Å²) in [4.78, 5) is 0. The molecule has 6 bridgehead atoms. The Bertz CT molecular complexity index is 954. The van der Waals surface area contributed by atoms with Crippen molar-refractivity contribution >= 4 is 89.9 Å². The number of hydrogen-bond donors (Lipinski definition) is 0. The van der Waals surface area contributed by atoms with Gasteiger partial charge in [-0.1, -0.05) is 0 Å². The van der Waals surface area contributed by atoms with Crippen LogP contribution in [0.5, 0.6) is 0 Å². The fraction of sp³-hybridized carbons (Fsp3) is 1.00. The van der Waals surface area contributed by atoms with E-state index in [1.807, 2.05) is 34.6 Å². The van der Waals surface area contributed by atoms with Crippen molar-refractivity contribution in [3.05, 3.63) is 0 Å². The molecule has 12 nitrogen and oxygen atoms in total. The molecule has 4 heterocycles. The summed E-state index contributed by atoms with van der Waals surface area (Å²) in [5.74, 6) is 0. The Morgan fingerprint density at radius 3 is 1.02 bits per heavy atom. The molecule has 45 heavy (non-hydrogen) atoms. The van der Waals surface area contributed by atoms with Gasteiger partial charge >= 0.3 is 289 Å². The number of rotatable bonds is 15. The molecular weight excluding hydrogens is 824 g/mol. The van der Waals surface area contributed by atoms with Crippen molar-refractivity contribution in [1.82, 2.24) is 0 Å². The first-order chi connectivity index (χ1) is 21.2. The minimum atomic E-state index is -4.11. The van der Waals surface area contributed by atoms with Crippen LogP contribution in [-0.2, 0) is 46.7 Å². The predicted octanol–water partition coefficient (Wildman–Crippen LogP) is 7.25. The molecule has 4 unspecified atom stereocenters. The molecule has 21 heteroatoms. The van der Waals surface area contributed by atoms with Crippen molar-refractivity contribution < 1.29 is 46.7 Å². The quantitative estimate of drug-likeness (QED) is 0.155. The van der Waals surface area contributed by atoms with E-state index < -0.39 is 89.9 Å². The second-order valence-corrected chi connectivity index (χ2v) is 49.0. The SMILES string of the molecule is CCC[CH2][Sn]1([CH2]CCC)[O][Si]2(CC)O[Si]3(CC)O[Si](CC)(O[Si](C)C)O[Si]4(CC)O[Si](CC)(O3)O[Si](CC)(O2)O[Si](CC)(O4)[O]1. The van der Waals surface area contributed by atoms with Crippen LogP contribution in [0.3, 0.4) is 0 Å². The first kappa shape index (κ1) is 39.8. The molecule has 0 aromatic heterocycles. The topological polar surface area (TPSA) is 111 Å². The molecule has 4 atom stereocenters. The molecule has 4 saturated heterocycles. The van der Waals surface area contributed by atoms with E-state index in [9.17, 15) is 0 Å². The van der Waals surface area contributed by atoms with Gasteiger partial charge in [0.1, 0.15) is 0 Å². The van der Waals surface area contributed by atoms with Gasteiger partial charge in [0.15, 0.2) is 0 Å². The maximum atomic E-state index is 7.62. The molecule has 1 radical (unpaired) electrons. The zero-order chi connectivity index (χ0) is 33.3. The Morgan fingerprint density at radius 1 is 0.444 bits per heavy atom. The van der Waals surface area contributed by atoms with Gasteiger partial charge in [0.05, 0.1) is 0 Å². The van der Waals surface area contributed by atoms with Gasteiger partial charge in [-0.2, -0.15) is 0 Å². The molecule has 4 rings (SSSR count). The van der Waals surface area contributed by atoms with Gasteiger partial charge in [-0.25, -0.2) is 0 Å². The fourth-order valence-electron chi connectivity index (χ4n) is 6.21. The van der Waals surface area contributed by atoms with Crippen LogP contribution in [0.15, 0.2) is 0 Å². The van der Waals surface area contributed by atoms with Crippen molar-refractivity contribution in [3.63, 3.8) is 0 Å². The molecule has 0 N–H and O–H groups in total. The van der Waals surface area contributed by atoms with Crippen LogP contribution in [-0.4, -0.2) is 89.9 Å². The van der Waals surface area contributed by atoms with E-state index in [-0.39, 0.29) is 0 Å². The normalized spacial score (nSPS) is 42.9. The summed E-state index contributed by atoms with van der Waals surface area (Å²) in [5, 5.41) is 0. The summed E-state index contributed by atoms with van der Waals surface area (Å²) < 4.78 is 89.9. The summed E-state index contributed by atoms with van der Waals surface area (Å²) >= 11 is -4.11. The van der Waals surface area contributed by atoms with Crippen molar-refractivity contribution in [3.8, 4) is 0 Å². The summed E-state index contributed by atoms with van der Waals surface area (Å²) in [6.07, 6.45) is 4.04. The van der Waals surface area contributed by atoms with Crippen LogP contribution in [0, 0.1) is 0 Å². The van der Waals surface area contributed by atoms with E-state index in [4.69, 9.17) is 46.7 Å².